The van der Waals surface area contributed by atoms with Crippen molar-refractivity contribution in [3.8, 4) is 5.75 Å². The molecule has 0 heterocycles. The lowest BCUT2D eigenvalue weighted by atomic mass is 10.1. The number of unbranched alkanes of at least 4 members (excludes halogenated alkanes) is 1. The van der Waals surface area contributed by atoms with Crippen molar-refractivity contribution in [1.82, 2.24) is 0 Å². The van der Waals surface area contributed by atoms with E-state index in [-0.39, 0.29) is 6.61 Å². The number of ether oxygens (including phenoxy) is 3. The summed E-state index contributed by atoms with van der Waals surface area (Å²) in [6, 6.07) is 8.87. The van der Waals surface area contributed by atoms with Crippen LogP contribution in [0.1, 0.15) is 33.1 Å². The number of carbonyl (C=O) groups is 1. The third-order valence-electron chi connectivity index (χ3n) is 2.98. The lowest BCUT2D eigenvalue weighted by molar-refractivity contribution is -0.218. The van der Waals surface area contributed by atoms with Gasteiger partial charge in [-0.1, -0.05) is 31.5 Å². The minimum Gasteiger partial charge on any atom is -0.476 e. The van der Waals surface area contributed by atoms with Gasteiger partial charge < -0.3 is 19.3 Å². The van der Waals surface area contributed by atoms with E-state index >= 15 is 0 Å². The van der Waals surface area contributed by atoms with Crippen LogP contribution < -0.4 is 4.74 Å². The normalized spacial score (nSPS) is 13.6. The molecular formula is C16H24O5. The number of carboxylic acids is 1. The van der Waals surface area contributed by atoms with E-state index in [4.69, 9.17) is 14.2 Å². The van der Waals surface area contributed by atoms with Gasteiger partial charge in [0.15, 0.2) is 0 Å². The highest BCUT2D eigenvalue weighted by Gasteiger charge is 2.42. The average Bonchev–Trinajstić information content (AvgIpc) is 2.49. The molecule has 21 heavy (non-hydrogen) atoms. The maximum absolute atomic E-state index is 11.7. The zero-order chi connectivity index (χ0) is 15.6. The molecule has 0 aromatic heterocycles. The van der Waals surface area contributed by atoms with Gasteiger partial charge in [0.1, 0.15) is 5.75 Å². The molecular weight excluding hydrogens is 272 g/mol. The molecule has 0 aliphatic carbocycles. The molecule has 1 aromatic rings. The summed E-state index contributed by atoms with van der Waals surface area (Å²) in [7, 11) is 0. The summed E-state index contributed by atoms with van der Waals surface area (Å²) >= 11 is 0. The minimum atomic E-state index is -1.66. The van der Waals surface area contributed by atoms with E-state index in [0.717, 1.165) is 6.42 Å². The van der Waals surface area contributed by atoms with Crippen molar-refractivity contribution in [3.63, 3.8) is 0 Å². The highest BCUT2D eigenvalue weighted by molar-refractivity contribution is 5.76. The predicted octanol–water partition coefficient (Wildman–Crippen LogP) is 3.09. The van der Waals surface area contributed by atoms with E-state index in [1.807, 2.05) is 19.9 Å². The van der Waals surface area contributed by atoms with Gasteiger partial charge in [-0.3, -0.25) is 0 Å². The molecule has 0 radical (unpaired) electrons. The first-order valence-electron chi connectivity index (χ1n) is 7.33. The monoisotopic (exact) mass is 296 g/mol. The summed E-state index contributed by atoms with van der Waals surface area (Å²) < 4.78 is 16.4. The number of benzene rings is 1. The molecule has 0 spiro atoms. The second-order valence-corrected chi connectivity index (χ2v) is 4.62. The van der Waals surface area contributed by atoms with Crippen LogP contribution in [0.2, 0.25) is 0 Å². The molecule has 118 valence electrons. The SMILES string of the molecule is CCCCC(OCCOCC)(Oc1ccccc1)C(=O)O. The zero-order valence-electron chi connectivity index (χ0n) is 12.7. The van der Waals surface area contributed by atoms with Crippen LogP contribution in [0, 0.1) is 0 Å². The highest BCUT2D eigenvalue weighted by Crippen LogP contribution is 2.25. The molecule has 5 heteroatoms. The van der Waals surface area contributed by atoms with Gasteiger partial charge in [0.25, 0.3) is 0 Å². The first-order chi connectivity index (χ1) is 10.1. The number of rotatable bonds is 11. The first kappa shape index (κ1) is 17.5. The zero-order valence-corrected chi connectivity index (χ0v) is 12.7. The third kappa shape index (κ3) is 5.73. The molecule has 5 nitrogen and oxygen atoms in total. The first-order valence-corrected chi connectivity index (χ1v) is 7.33. The number of aliphatic carboxylic acids is 1. The van der Waals surface area contributed by atoms with Gasteiger partial charge in [-0.05, 0) is 25.5 Å². The number of carboxylic acid groups (broad SMARTS) is 1. The van der Waals surface area contributed by atoms with E-state index in [0.29, 0.717) is 31.8 Å². The molecule has 0 bridgehead atoms. The summed E-state index contributed by atoms with van der Waals surface area (Å²) in [5.41, 5.74) is 0. The molecule has 0 fully saturated rings. The molecule has 0 saturated carbocycles. The summed E-state index contributed by atoms with van der Waals surface area (Å²) in [5.74, 6) is -2.29. The molecule has 0 aliphatic heterocycles. The maximum atomic E-state index is 11.7. The second-order valence-electron chi connectivity index (χ2n) is 4.62. The second kappa shape index (κ2) is 9.37. The molecule has 1 atom stereocenters. The van der Waals surface area contributed by atoms with Gasteiger partial charge in [0, 0.05) is 13.0 Å². The molecule has 1 unspecified atom stereocenters. The van der Waals surface area contributed by atoms with Crippen LogP contribution in [0.4, 0.5) is 0 Å². The van der Waals surface area contributed by atoms with Crippen molar-refractivity contribution < 1.29 is 24.1 Å². The van der Waals surface area contributed by atoms with Crippen LogP contribution in [-0.4, -0.2) is 36.7 Å². The molecule has 1 rings (SSSR count). The summed E-state index contributed by atoms with van der Waals surface area (Å²) in [5, 5.41) is 9.58. The molecule has 0 saturated heterocycles. The Morgan fingerprint density at radius 1 is 1.19 bits per heavy atom. The fourth-order valence-corrected chi connectivity index (χ4v) is 1.86. The quantitative estimate of drug-likeness (QED) is 0.502. The van der Waals surface area contributed by atoms with Crippen LogP contribution in [0.5, 0.6) is 5.75 Å². The Hall–Kier alpha value is -1.59. The van der Waals surface area contributed by atoms with Crippen molar-refractivity contribution in [2.75, 3.05) is 19.8 Å². The number of hydrogen-bond donors (Lipinski definition) is 1. The van der Waals surface area contributed by atoms with Gasteiger partial charge in [-0.15, -0.1) is 0 Å². The van der Waals surface area contributed by atoms with E-state index in [2.05, 4.69) is 0 Å². The van der Waals surface area contributed by atoms with Crippen LogP contribution in [0.25, 0.3) is 0 Å². The Labute approximate surface area is 125 Å². The van der Waals surface area contributed by atoms with Crippen molar-refractivity contribution in [2.24, 2.45) is 0 Å². The van der Waals surface area contributed by atoms with Crippen molar-refractivity contribution in [2.45, 2.75) is 38.9 Å². The lowest BCUT2D eigenvalue weighted by Gasteiger charge is -2.30. The Bertz CT molecular complexity index is 406. The molecule has 0 amide bonds. The number of hydrogen-bond acceptors (Lipinski definition) is 4. The van der Waals surface area contributed by atoms with Gasteiger partial charge in [0.2, 0.25) is 0 Å². The standard InChI is InChI=1S/C16H24O5/c1-3-5-11-16(15(17)18,20-13-12-19-4-2)21-14-9-7-6-8-10-14/h6-10H,3-5,11-13H2,1-2H3,(H,17,18). The highest BCUT2D eigenvalue weighted by atomic mass is 16.7. The van der Waals surface area contributed by atoms with Crippen LogP contribution >= 0.6 is 0 Å². The Morgan fingerprint density at radius 2 is 1.90 bits per heavy atom. The van der Waals surface area contributed by atoms with E-state index in [1.54, 1.807) is 24.3 Å². The maximum Gasteiger partial charge on any atom is 0.377 e. The predicted molar refractivity (Wildman–Crippen MR) is 79.4 cm³/mol. The smallest absolute Gasteiger partial charge is 0.377 e. The molecule has 1 aromatic carbocycles. The van der Waals surface area contributed by atoms with Crippen LogP contribution in [0.15, 0.2) is 30.3 Å². The van der Waals surface area contributed by atoms with E-state index in [9.17, 15) is 9.90 Å². The average molecular weight is 296 g/mol. The van der Waals surface area contributed by atoms with Gasteiger partial charge in [-0.25, -0.2) is 4.79 Å². The topological polar surface area (TPSA) is 65.0 Å². The summed E-state index contributed by atoms with van der Waals surface area (Å²) in [6.07, 6.45) is 1.86. The fourth-order valence-electron chi connectivity index (χ4n) is 1.86. The largest absolute Gasteiger partial charge is 0.476 e. The molecule has 0 aliphatic rings. The number of para-hydroxylation sites is 1. The fraction of sp³-hybridized carbons (Fsp3) is 0.562. The van der Waals surface area contributed by atoms with Crippen molar-refractivity contribution in [1.29, 1.82) is 0 Å². The van der Waals surface area contributed by atoms with Crippen LogP contribution in [-0.2, 0) is 14.3 Å². The van der Waals surface area contributed by atoms with Gasteiger partial charge >= 0.3 is 11.8 Å². The summed E-state index contributed by atoms with van der Waals surface area (Å²) in [6.45, 7) is 4.96. The van der Waals surface area contributed by atoms with Crippen LogP contribution in [0.3, 0.4) is 0 Å². The lowest BCUT2D eigenvalue weighted by Crippen LogP contribution is -2.48. The molecule has 1 N–H and O–H groups in total. The third-order valence-corrected chi connectivity index (χ3v) is 2.98. The minimum absolute atomic E-state index is 0.177. The Kier molecular flexibility index (Phi) is 7.79. The Balaban J connectivity index is 2.81. The summed E-state index contributed by atoms with van der Waals surface area (Å²) in [4.78, 5) is 11.7. The van der Waals surface area contributed by atoms with Gasteiger partial charge in [0.05, 0.1) is 13.2 Å². The van der Waals surface area contributed by atoms with E-state index < -0.39 is 11.8 Å². The Morgan fingerprint density at radius 3 is 2.48 bits per heavy atom. The van der Waals surface area contributed by atoms with Crippen molar-refractivity contribution in [3.05, 3.63) is 30.3 Å². The van der Waals surface area contributed by atoms with Crippen molar-refractivity contribution >= 4 is 5.97 Å². The van der Waals surface area contributed by atoms with Gasteiger partial charge in [-0.2, -0.15) is 0 Å². The van der Waals surface area contributed by atoms with E-state index in [1.165, 1.54) is 0 Å².